The molecule has 1 atom stereocenters. The van der Waals surface area contributed by atoms with Crippen LogP contribution in [-0.2, 0) is 9.53 Å². The van der Waals surface area contributed by atoms with Crippen molar-refractivity contribution in [1.82, 2.24) is 0 Å². The highest BCUT2D eigenvalue weighted by molar-refractivity contribution is 5.82. The zero-order chi connectivity index (χ0) is 14.8. The second kappa shape index (κ2) is 5.12. The average molecular weight is 289 g/mol. The molecule has 0 aromatic carbocycles. The molecule has 12 heteroatoms. The van der Waals surface area contributed by atoms with E-state index in [0.29, 0.717) is 0 Å². The number of carbonyl (C=O) groups is 1. The molecule has 0 aliphatic heterocycles. The molecule has 0 heterocycles. The van der Waals surface area contributed by atoms with E-state index in [-0.39, 0.29) is 0 Å². The van der Waals surface area contributed by atoms with Gasteiger partial charge in [-0.05, 0) is 0 Å². The molecule has 4 nitrogen and oxygen atoms in total. The van der Waals surface area contributed by atoms with E-state index >= 15 is 0 Å². The van der Waals surface area contributed by atoms with Gasteiger partial charge in [0.15, 0.2) is 0 Å². The maximum absolute atomic E-state index is 12.2. The third-order valence-corrected chi connectivity index (χ3v) is 1.46. The number of hydrogen-bond donors (Lipinski definition) is 0. The molecule has 0 radical (unpaired) electrons. The topological polar surface area (TPSA) is 55.7 Å². The first kappa shape index (κ1) is 16.7. The van der Waals surface area contributed by atoms with Crippen LogP contribution in [-0.4, -0.2) is 36.9 Å². The molecule has 106 valence electrons. The van der Waals surface area contributed by atoms with Crippen molar-refractivity contribution in [3.8, 4) is 0 Å². The van der Waals surface area contributed by atoms with Crippen molar-refractivity contribution >= 4 is 5.91 Å². The molecule has 0 aliphatic carbocycles. The lowest BCUT2D eigenvalue weighted by molar-refractivity contribution is -0.310. The van der Waals surface area contributed by atoms with E-state index in [2.05, 4.69) is 4.74 Å². The lowest BCUT2D eigenvalue weighted by Crippen LogP contribution is -2.46. The molecule has 18 heavy (non-hydrogen) atoms. The average Bonchev–Trinajstić information content (AvgIpc) is 2.13. The van der Waals surface area contributed by atoms with Gasteiger partial charge in [0.2, 0.25) is 6.10 Å². The number of nitroso groups, excluding NO2 is 1. The van der Waals surface area contributed by atoms with E-state index in [1.807, 2.05) is 0 Å². The van der Waals surface area contributed by atoms with Crippen molar-refractivity contribution in [3.05, 3.63) is 4.91 Å². The third kappa shape index (κ3) is 4.16. The largest absolute Gasteiger partial charge is 0.455 e. The smallest absolute Gasteiger partial charge is 0.353 e. The summed E-state index contributed by atoms with van der Waals surface area (Å²) in [4.78, 5) is 19.8. The Morgan fingerprint density at radius 3 is 1.78 bits per heavy atom. The Morgan fingerprint density at radius 2 is 1.50 bits per heavy atom. The molecule has 0 rings (SSSR count). The number of carbonyl (C=O) groups excluding carboxylic acids is 1. The number of halogens is 8. The van der Waals surface area contributed by atoms with Gasteiger partial charge in [0.05, 0.1) is 0 Å². The van der Waals surface area contributed by atoms with Crippen LogP contribution < -0.4 is 0 Å². The fraction of sp³-hybridized carbons (Fsp3) is 0.833. The lowest BCUT2D eigenvalue weighted by Gasteiger charge is -2.22. The maximum atomic E-state index is 12.2. The Hall–Kier alpha value is -1.33. The summed E-state index contributed by atoms with van der Waals surface area (Å²) in [6.45, 7) is -2.76. The SMILES string of the molecule is O=NC(=O)C(OCC(F)(F)C(F)(F)F)C(F)(F)F. The van der Waals surface area contributed by atoms with Crippen molar-refractivity contribution in [1.29, 1.82) is 0 Å². The molecule has 0 spiro atoms. The minimum Gasteiger partial charge on any atom is -0.353 e. The zero-order valence-corrected chi connectivity index (χ0v) is 7.98. The molecule has 0 saturated carbocycles. The second-order valence-electron chi connectivity index (χ2n) is 2.86. The number of amides is 1. The summed E-state index contributed by atoms with van der Waals surface area (Å²) in [5.41, 5.74) is 0. The highest BCUT2D eigenvalue weighted by Crippen LogP contribution is 2.36. The predicted octanol–water partition coefficient (Wildman–Crippen LogP) is 2.42. The molecule has 1 unspecified atom stereocenters. The number of hydrogen-bond acceptors (Lipinski definition) is 3. The summed E-state index contributed by atoms with van der Waals surface area (Å²) in [5.74, 6) is -8.15. The Bertz CT molecular complexity index is 322. The summed E-state index contributed by atoms with van der Waals surface area (Å²) < 4.78 is 98.2. The monoisotopic (exact) mass is 289 g/mol. The van der Waals surface area contributed by atoms with Crippen LogP contribution >= 0.6 is 0 Å². The minimum atomic E-state index is -6.15. The van der Waals surface area contributed by atoms with Gasteiger partial charge in [0.1, 0.15) is 6.61 Å². The molecule has 0 aromatic heterocycles. The normalized spacial score (nSPS) is 15.3. The molecule has 0 N–H and O–H groups in total. The van der Waals surface area contributed by atoms with E-state index < -0.39 is 36.9 Å². The number of rotatable bonds is 4. The molecule has 0 aromatic rings. The van der Waals surface area contributed by atoms with E-state index in [0.717, 1.165) is 0 Å². The van der Waals surface area contributed by atoms with Crippen LogP contribution in [0.2, 0.25) is 0 Å². The lowest BCUT2D eigenvalue weighted by atomic mass is 10.3. The van der Waals surface area contributed by atoms with Gasteiger partial charge in [-0.1, -0.05) is 0 Å². The van der Waals surface area contributed by atoms with Gasteiger partial charge in [-0.15, -0.1) is 4.91 Å². The highest BCUT2D eigenvalue weighted by Gasteiger charge is 2.59. The first-order valence-corrected chi connectivity index (χ1v) is 3.83. The zero-order valence-electron chi connectivity index (χ0n) is 7.98. The van der Waals surface area contributed by atoms with Crippen molar-refractivity contribution in [2.75, 3.05) is 6.61 Å². The first-order chi connectivity index (χ1) is 7.83. The summed E-state index contributed by atoms with van der Waals surface area (Å²) in [6.07, 6.45) is -15.5. The predicted molar refractivity (Wildman–Crippen MR) is 37.6 cm³/mol. The van der Waals surface area contributed by atoms with Crippen LogP contribution in [0.3, 0.4) is 0 Å². The second-order valence-corrected chi connectivity index (χ2v) is 2.86. The van der Waals surface area contributed by atoms with Gasteiger partial charge >= 0.3 is 24.2 Å². The van der Waals surface area contributed by atoms with Crippen LogP contribution in [0, 0.1) is 4.91 Å². The van der Waals surface area contributed by atoms with E-state index in [1.54, 1.807) is 0 Å². The molecule has 0 saturated heterocycles. The third-order valence-electron chi connectivity index (χ3n) is 1.46. The van der Waals surface area contributed by atoms with Gasteiger partial charge in [-0.3, -0.25) is 4.79 Å². The van der Waals surface area contributed by atoms with Gasteiger partial charge in [-0.2, -0.15) is 35.1 Å². The summed E-state index contributed by atoms with van der Waals surface area (Å²) in [5, 5.41) is 1.26. The number of alkyl halides is 8. The Kier molecular flexibility index (Phi) is 4.74. The molecule has 0 aliphatic rings. The Labute approximate surface area is 92.9 Å². The fourth-order valence-corrected chi connectivity index (χ4v) is 0.623. The highest BCUT2D eigenvalue weighted by atomic mass is 19.4. The summed E-state index contributed by atoms with van der Waals surface area (Å²) in [6, 6.07) is 0. The molecule has 1 amide bonds. The van der Waals surface area contributed by atoms with Crippen LogP contribution in [0.15, 0.2) is 5.18 Å². The van der Waals surface area contributed by atoms with E-state index in [1.165, 1.54) is 5.18 Å². The summed E-state index contributed by atoms with van der Waals surface area (Å²) in [7, 11) is 0. The first-order valence-electron chi connectivity index (χ1n) is 3.83. The van der Waals surface area contributed by atoms with Crippen LogP contribution in [0.4, 0.5) is 35.1 Å². The van der Waals surface area contributed by atoms with Crippen LogP contribution in [0.1, 0.15) is 0 Å². The fourth-order valence-electron chi connectivity index (χ4n) is 0.623. The number of nitrogens with zero attached hydrogens (tertiary/aromatic N) is 1. The van der Waals surface area contributed by atoms with Gasteiger partial charge in [0, 0.05) is 5.18 Å². The van der Waals surface area contributed by atoms with Crippen molar-refractivity contribution < 1.29 is 44.7 Å². The van der Waals surface area contributed by atoms with Crippen LogP contribution in [0.25, 0.3) is 0 Å². The maximum Gasteiger partial charge on any atom is 0.455 e. The molecular weight excluding hydrogens is 286 g/mol. The van der Waals surface area contributed by atoms with E-state index in [9.17, 15) is 44.8 Å². The quantitative estimate of drug-likeness (QED) is 0.590. The molecule has 0 bridgehead atoms. The number of ether oxygens (including phenoxy) is 1. The Morgan fingerprint density at radius 1 is 1.06 bits per heavy atom. The standard InChI is InChI=1S/C6H3F8NO3/c7-4(8,6(12,13)14)1-18-2(3(16)15-17)5(9,10)11/h2H,1H2. The Balaban J connectivity index is 4.85. The molecular formula is C6H3F8NO3. The van der Waals surface area contributed by atoms with Gasteiger partial charge < -0.3 is 4.74 Å². The molecule has 0 fully saturated rings. The van der Waals surface area contributed by atoms with Crippen LogP contribution in [0.5, 0.6) is 0 Å². The minimum absolute atomic E-state index is 1.26. The van der Waals surface area contributed by atoms with Crippen molar-refractivity contribution in [2.45, 2.75) is 24.4 Å². The van der Waals surface area contributed by atoms with Gasteiger partial charge in [-0.25, -0.2) is 0 Å². The van der Waals surface area contributed by atoms with E-state index in [4.69, 9.17) is 0 Å². The van der Waals surface area contributed by atoms with Crippen molar-refractivity contribution in [2.24, 2.45) is 5.18 Å². The van der Waals surface area contributed by atoms with Gasteiger partial charge in [0.25, 0.3) is 0 Å². The summed E-state index contributed by atoms with van der Waals surface area (Å²) >= 11 is 0. The van der Waals surface area contributed by atoms with Crippen molar-refractivity contribution in [3.63, 3.8) is 0 Å².